The molecule has 0 aliphatic rings. The normalized spacial score (nSPS) is 10.3. The van der Waals surface area contributed by atoms with Crippen molar-refractivity contribution >= 4 is 11.8 Å². The Morgan fingerprint density at radius 2 is 1.79 bits per heavy atom. The second-order valence-electron chi connectivity index (χ2n) is 5.89. The molecule has 2 amide bonds. The van der Waals surface area contributed by atoms with Crippen LogP contribution >= 0.6 is 0 Å². The van der Waals surface area contributed by atoms with Crippen molar-refractivity contribution in [3.05, 3.63) is 71.5 Å². The quantitative estimate of drug-likeness (QED) is 0.597. The van der Waals surface area contributed by atoms with Crippen LogP contribution in [0.3, 0.4) is 0 Å². The predicted molar refractivity (Wildman–Crippen MR) is 100 cm³/mol. The molecule has 0 bridgehead atoms. The lowest BCUT2D eigenvalue weighted by molar-refractivity contribution is -0.122. The summed E-state index contributed by atoms with van der Waals surface area (Å²) in [4.78, 5) is 25.1. The fraction of sp³-hybridized carbons (Fsp3) is 0.211. The van der Waals surface area contributed by atoms with Gasteiger partial charge in [-0.1, -0.05) is 37.3 Å². The molecule has 0 spiro atoms. The zero-order chi connectivity index (χ0) is 19.8. The van der Waals surface area contributed by atoms with Gasteiger partial charge in [0.05, 0.1) is 0 Å². The number of hydrazine groups is 1. The maximum Gasteiger partial charge on any atom is 0.269 e. The van der Waals surface area contributed by atoms with Gasteiger partial charge in [0.2, 0.25) is 5.82 Å². The van der Waals surface area contributed by atoms with Crippen LogP contribution in [-0.2, 0) is 24.4 Å². The van der Waals surface area contributed by atoms with Crippen LogP contribution in [0.5, 0.6) is 5.75 Å². The molecular weight excluding hydrogens is 360 g/mol. The molecule has 1 aromatic heterocycles. The first kappa shape index (κ1) is 19.0. The molecule has 3 rings (SSSR count). The number of carbonyl (C=O) groups excluding carboxylic acids is 2. The molecule has 144 valence electrons. The highest BCUT2D eigenvalue weighted by Crippen LogP contribution is 2.09. The van der Waals surface area contributed by atoms with Crippen LogP contribution < -0.4 is 15.6 Å². The van der Waals surface area contributed by atoms with E-state index in [4.69, 9.17) is 4.74 Å². The van der Waals surface area contributed by atoms with E-state index in [-0.39, 0.29) is 13.2 Å². The summed E-state index contributed by atoms with van der Waals surface area (Å²) in [6, 6.07) is 16.4. The van der Waals surface area contributed by atoms with Gasteiger partial charge in [-0.15, -0.1) is 10.2 Å². The van der Waals surface area contributed by atoms with Gasteiger partial charge in [0, 0.05) is 5.56 Å². The van der Waals surface area contributed by atoms with Gasteiger partial charge in [0.25, 0.3) is 11.8 Å². The first-order valence-electron chi connectivity index (χ1n) is 8.76. The Kier molecular flexibility index (Phi) is 6.29. The Balaban J connectivity index is 1.44. The number of para-hydroxylation sites is 1. The van der Waals surface area contributed by atoms with E-state index in [1.165, 1.54) is 0 Å². The third kappa shape index (κ3) is 5.37. The summed E-state index contributed by atoms with van der Waals surface area (Å²) >= 11 is 0. The summed E-state index contributed by atoms with van der Waals surface area (Å²) < 4.78 is 5.52. The van der Waals surface area contributed by atoms with Crippen LogP contribution in [0.4, 0.5) is 0 Å². The van der Waals surface area contributed by atoms with Crippen molar-refractivity contribution < 1.29 is 14.3 Å². The summed E-state index contributed by atoms with van der Waals surface area (Å²) in [5.74, 6) is 0.147. The maximum atomic E-state index is 12.0. The molecule has 3 aromatic rings. The summed E-state index contributed by atoms with van der Waals surface area (Å²) in [5.41, 5.74) is 6.27. The lowest BCUT2D eigenvalue weighted by Crippen LogP contribution is -2.43. The Labute approximate surface area is 161 Å². The van der Waals surface area contributed by atoms with E-state index in [1.807, 2.05) is 49.4 Å². The molecule has 0 atom stereocenters. The number of carbonyl (C=O) groups is 2. The Morgan fingerprint density at radius 1 is 1.04 bits per heavy atom. The summed E-state index contributed by atoms with van der Waals surface area (Å²) in [7, 11) is 0. The molecule has 1 heterocycles. The Hall–Kier alpha value is -3.75. The van der Waals surface area contributed by atoms with Gasteiger partial charge in [-0.25, -0.2) is 0 Å². The van der Waals surface area contributed by atoms with Crippen molar-refractivity contribution in [3.8, 4) is 5.75 Å². The number of aromatic nitrogens is 4. The van der Waals surface area contributed by atoms with E-state index < -0.39 is 11.8 Å². The van der Waals surface area contributed by atoms with Crippen molar-refractivity contribution in [1.82, 2.24) is 31.1 Å². The number of ether oxygens (including phenoxy) is 1. The van der Waals surface area contributed by atoms with Crippen LogP contribution in [-0.4, -0.2) is 32.0 Å². The topological polar surface area (TPSA) is 111 Å². The van der Waals surface area contributed by atoms with Crippen molar-refractivity contribution in [1.29, 1.82) is 0 Å². The lowest BCUT2D eigenvalue weighted by Gasteiger charge is -2.07. The summed E-state index contributed by atoms with van der Waals surface area (Å²) in [5, 5.41) is 11.7. The van der Waals surface area contributed by atoms with Crippen LogP contribution in [0.15, 0.2) is 54.6 Å². The fourth-order valence-corrected chi connectivity index (χ4v) is 2.32. The third-order valence-corrected chi connectivity index (χ3v) is 3.83. The molecule has 9 heteroatoms. The number of amides is 2. The average Bonchev–Trinajstić information content (AvgIpc) is 3.18. The number of hydrogen-bond acceptors (Lipinski definition) is 6. The smallest absolute Gasteiger partial charge is 0.269 e. The monoisotopic (exact) mass is 380 g/mol. The fourth-order valence-electron chi connectivity index (χ4n) is 2.32. The first-order valence-corrected chi connectivity index (χ1v) is 8.76. The number of nitrogens with one attached hydrogen (secondary N) is 2. The van der Waals surface area contributed by atoms with Gasteiger partial charge in [-0.3, -0.25) is 20.4 Å². The minimum Gasteiger partial charge on any atom is -0.485 e. The van der Waals surface area contributed by atoms with E-state index in [9.17, 15) is 9.59 Å². The van der Waals surface area contributed by atoms with Crippen molar-refractivity contribution in [2.24, 2.45) is 0 Å². The lowest BCUT2D eigenvalue weighted by atomic mass is 10.1. The minimum absolute atomic E-state index is 0.135. The molecule has 9 nitrogen and oxygen atoms in total. The van der Waals surface area contributed by atoms with Gasteiger partial charge < -0.3 is 4.74 Å². The third-order valence-electron chi connectivity index (χ3n) is 3.83. The van der Waals surface area contributed by atoms with Crippen molar-refractivity contribution in [2.75, 3.05) is 0 Å². The van der Waals surface area contributed by atoms with E-state index in [2.05, 4.69) is 26.3 Å². The zero-order valence-electron chi connectivity index (χ0n) is 15.3. The molecule has 28 heavy (non-hydrogen) atoms. The van der Waals surface area contributed by atoms with E-state index in [1.54, 1.807) is 12.1 Å². The average molecular weight is 380 g/mol. The van der Waals surface area contributed by atoms with Gasteiger partial charge in [0.1, 0.15) is 12.3 Å². The molecule has 0 fully saturated rings. The highest BCUT2D eigenvalue weighted by atomic mass is 16.5. The number of hydrogen-bond donors (Lipinski definition) is 2. The maximum absolute atomic E-state index is 12.0. The van der Waals surface area contributed by atoms with Gasteiger partial charge in [-0.05, 0) is 41.5 Å². The van der Waals surface area contributed by atoms with Gasteiger partial charge in [-0.2, -0.15) is 4.80 Å². The highest BCUT2D eigenvalue weighted by molar-refractivity contribution is 5.95. The van der Waals surface area contributed by atoms with E-state index in [0.717, 1.165) is 16.8 Å². The minimum atomic E-state index is -0.480. The molecule has 0 aliphatic heterocycles. The number of tetrazole rings is 1. The number of benzene rings is 2. The molecule has 0 unspecified atom stereocenters. The largest absolute Gasteiger partial charge is 0.485 e. The predicted octanol–water partition coefficient (Wildman–Crippen LogP) is 1.28. The van der Waals surface area contributed by atoms with E-state index in [0.29, 0.717) is 17.1 Å². The first-order chi connectivity index (χ1) is 13.6. The highest BCUT2D eigenvalue weighted by Gasteiger charge is 2.10. The Morgan fingerprint density at radius 3 is 2.50 bits per heavy atom. The van der Waals surface area contributed by atoms with Crippen LogP contribution in [0.25, 0.3) is 0 Å². The summed E-state index contributed by atoms with van der Waals surface area (Å²) in [6.07, 6.45) is 0.891. The number of aryl methyl sites for hydroxylation is 1. The van der Waals surface area contributed by atoms with Gasteiger partial charge in [0.15, 0.2) is 6.61 Å². The second kappa shape index (κ2) is 9.26. The molecule has 0 saturated carbocycles. The van der Waals surface area contributed by atoms with Crippen molar-refractivity contribution in [3.63, 3.8) is 0 Å². The molecule has 0 saturated heterocycles. The second-order valence-corrected chi connectivity index (χ2v) is 5.89. The molecular formula is C19H20N6O3. The van der Waals surface area contributed by atoms with Crippen LogP contribution in [0.1, 0.15) is 28.7 Å². The Bertz CT molecular complexity index is 924. The molecule has 0 radical (unpaired) electrons. The van der Waals surface area contributed by atoms with Gasteiger partial charge >= 0.3 is 0 Å². The number of nitrogens with zero attached hydrogens (tertiary/aromatic N) is 4. The molecule has 2 aromatic carbocycles. The zero-order valence-corrected chi connectivity index (χ0v) is 15.3. The summed E-state index contributed by atoms with van der Waals surface area (Å²) in [6.45, 7) is 1.98. The van der Waals surface area contributed by atoms with Crippen LogP contribution in [0, 0.1) is 0 Å². The number of rotatable bonds is 7. The molecule has 2 N–H and O–H groups in total. The SMILES string of the molecule is CCc1ccc(C(=O)NNC(=O)Cn2nnc(COc3ccccc3)n2)cc1. The van der Waals surface area contributed by atoms with E-state index >= 15 is 0 Å². The van der Waals surface area contributed by atoms with Crippen LogP contribution in [0.2, 0.25) is 0 Å². The molecule has 0 aliphatic carbocycles. The van der Waals surface area contributed by atoms with Crippen molar-refractivity contribution in [2.45, 2.75) is 26.5 Å². The standard InChI is InChI=1S/C19H20N6O3/c1-2-14-8-10-15(11-9-14)19(27)22-21-18(26)12-25-23-17(20-24-25)13-28-16-6-4-3-5-7-16/h3-11H,2,12-13H2,1H3,(H,21,26)(H,22,27).